The Labute approximate surface area is 187 Å². The van der Waals surface area contributed by atoms with Gasteiger partial charge in [0, 0.05) is 34.2 Å². The summed E-state index contributed by atoms with van der Waals surface area (Å²) in [6, 6.07) is 14.6. The normalized spacial score (nSPS) is 19.9. The number of halogens is 2. The van der Waals surface area contributed by atoms with Crippen molar-refractivity contribution in [1.29, 1.82) is 0 Å². The van der Waals surface area contributed by atoms with Crippen molar-refractivity contribution in [2.75, 3.05) is 0 Å². The van der Waals surface area contributed by atoms with Crippen molar-refractivity contribution in [2.24, 2.45) is 5.10 Å². The molecule has 2 aromatic carbocycles. The highest BCUT2D eigenvalue weighted by Gasteiger charge is 2.42. The molecule has 0 fully saturated rings. The number of nitrogens with zero attached hydrogens (tertiary/aromatic N) is 3. The van der Waals surface area contributed by atoms with Crippen LogP contribution in [0.3, 0.4) is 0 Å². The van der Waals surface area contributed by atoms with Gasteiger partial charge in [0.05, 0.1) is 26.0 Å². The van der Waals surface area contributed by atoms with Gasteiger partial charge in [-0.25, -0.2) is 5.01 Å². The van der Waals surface area contributed by atoms with Crippen molar-refractivity contribution in [3.8, 4) is 5.75 Å². The third kappa shape index (κ3) is 3.27. The smallest absolute Gasteiger partial charge is 0.269 e. The molecule has 3 heterocycles. The lowest BCUT2D eigenvalue weighted by molar-refractivity contribution is -0.385. The number of fused-ring (bicyclic) bond motifs is 3. The van der Waals surface area contributed by atoms with Gasteiger partial charge >= 0.3 is 0 Å². The number of thiophene rings is 1. The van der Waals surface area contributed by atoms with Crippen LogP contribution in [0.5, 0.6) is 5.75 Å². The van der Waals surface area contributed by atoms with Crippen LogP contribution in [0.25, 0.3) is 0 Å². The molecule has 0 bridgehead atoms. The quantitative estimate of drug-likeness (QED) is 0.287. The lowest BCUT2D eigenvalue weighted by Crippen LogP contribution is -2.34. The number of ether oxygens (including phenoxy) is 1. The molecule has 2 atom stereocenters. The number of rotatable bonds is 3. The molecular formula is C20H13Br2N3O3S. The zero-order valence-corrected chi connectivity index (χ0v) is 18.8. The molecule has 0 N–H and O–H groups in total. The number of benzene rings is 2. The summed E-state index contributed by atoms with van der Waals surface area (Å²) in [4.78, 5) is 12.0. The second kappa shape index (κ2) is 7.23. The minimum atomic E-state index is -0.553. The third-order valence-corrected chi connectivity index (χ3v) is 6.95. The van der Waals surface area contributed by atoms with Gasteiger partial charge in [0.25, 0.3) is 5.69 Å². The molecule has 0 spiro atoms. The summed E-state index contributed by atoms with van der Waals surface area (Å²) in [5.74, 6) is 0.744. The first-order valence-electron chi connectivity index (χ1n) is 8.81. The summed E-state index contributed by atoms with van der Waals surface area (Å²) >= 11 is 8.82. The number of nitro benzene ring substituents is 1. The number of hydrogen-bond donors (Lipinski definition) is 0. The molecule has 0 saturated heterocycles. The van der Waals surface area contributed by atoms with Gasteiger partial charge in [-0.2, -0.15) is 5.10 Å². The third-order valence-electron chi connectivity index (χ3n) is 4.98. The molecule has 29 heavy (non-hydrogen) atoms. The van der Waals surface area contributed by atoms with Crippen LogP contribution >= 0.6 is 43.2 Å². The Morgan fingerprint density at radius 3 is 2.83 bits per heavy atom. The summed E-state index contributed by atoms with van der Waals surface area (Å²) in [5.41, 5.74) is 2.75. The standard InChI is InChI=1S/C20H13Br2N3O3S/c21-12-8-14-17-10-16(18-5-2-6-29-18)23-24(17)20(28-19(14)15(22)9-12)11-3-1-4-13(7-11)25(26)27/h1-9,17,20H,10H2/t17-,20-/m0/s1. The maximum absolute atomic E-state index is 11.3. The number of non-ortho nitro benzene ring substituents is 1. The molecule has 9 heteroatoms. The Hall–Kier alpha value is -2.23. The monoisotopic (exact) mass is 533 g/mol. The topological polar surface area (TPSA) is 68.0 Å². The first kappa shape index (κ1) is 18.8. The molecule has 0 saturated carbocycles. The molecule has 2 aliphatic heterocycles. The molecule has 0 radical (unpaired) electrons. The second-order valence-corrected chi connectivity index (χ2v) is 9.47. The highest BCUT2D eigenvalue weighted by Crippen LogP contribution is 2.51. The minimum Gasteiger partial charge on any atom is -0.463 e. The van der Waals surface area contributed by atoms with E-state index in [0.29, 0.717) is 5.56 Å². The van der Waals surface area contributed by atoms with E-state index in [-0.39, 0.29) is 11.7 Å². The van der Waals surface area contributed by atoms with Gasteiger partial charge in [-0.3, -0.25) is 10.1 Å². The molecule has 1 aromatic heterocycles. The summed E-state index contributed by atoms with van der Waals surface area (Å²) in [6.45, 7) is 0. The van der Waals surface area contributed by atoms with Crippen LogP contribution in [0.1, 0.15) is 34.7 Å². The molecular weight excluding hydrogens is 522 g/mol. The van der Waals surface area contributed by atoms with Crippen molar-refractivity contribution in [1.82, 2.24) is 5.01 Å². The van der Waals surface area contributed by atoms with Crippen LogP contribution in [0.2, 0.25) is 0 Å². The molecule has 6 nitrogen and oxygen atoms in total. The predicted molar refractivity (Wildman–Crippen MR) is 118 cm³/mol. The van der Waals surface area contributed by atoms with Crippen molar-refractivity contribution in [2.45, 2.75) is 18.7 Å². The van der Waals surface area contributed by atoms with Crippen LogP contribution in [-0.2, 0) is 0 Å². The van der Waals surface area contributed by atoms with Crippen LogP contribution in [0, 0.1) is 10.1 Å². The van der Waals surface area contributed by atoms with Crippen LogP contribution in [-0.4, -0.2) is 15.6 Å². The van der Waals surface area contributed by atoms with Gasteiger partial charge in [-0.15, -0.1) is 11.3 Å². The van der Waals surface area contributed by atoms with Crippen LogP contribution in [0.15, 0.2) is 68.0 Å². The fraction of sp³-hybridized carbons (Fsp3) is 0.150. The minimum absolute atomic E-state index is 0.0195. The summed E-state index contributed by atoms with van der Waals surface area (Å²) < 4.78 is 8.13. The van der Waals surface area contributed by atoms with E-state index in [9.17, 15) is 10.1 Å². The van der Waals surface area contributed by atoms with Gasteiger partial charge in [-0.1, -0.05) is 34.1 Å². The number of nitro groups is 1. The predicted octanol–water partition coefficient (Wildman–Crippen LogP) is 6.42. The van der Waals surface area contributed by atoms with Crippen LogP contribution < -0.4 is 4.74 Å². The Bertz CT molecular complexity index is 1150. The average molecular weight is 535 g/mol. The fourth-order valence-corrected chi connectivity index (χ4v) is 5.79. The van der Waals surface area contributed by atoms with E-state index in [1.54, 1.807) is 23.5 Å². The lowest BCUT2D eigenvalue weighted by atomic mass is 9.97. The molecule has 3 aromatic rings. The van der Waals surface area contributed by atoms with Gasteiger partial charge in [0.2, 0.25) is 6.23 Å². The van der Waals surface area contributed by atoms with E-state index >= 15 is 0 Å². The van der Waals surface area contributed by atoms with Crippen LogP contribution in [0.4, 0.5) is 5.69 Å². The van der Waals surface area contributed by atoms with E-state index in [1.165, 1.54) is 6.07 Å². The molecule has 146 valence electrons. The lowest BCUT2D eigenvalue weighted by Gasteiger charge is -2.38. The zero-order chi connectivity index (χ0) is 20.1. The largest absolute Gasteiger partial charge is 0.463 e. The highest BCUT2D eigenvalue weighted by atomic mass is 79.9. The molecule has 5 rings (SSSR count). The van der Waals surface area contributed by atoms with Gasteiger partial charge < -0.3 is 4.74 Å². The number of hydrogen-bond acceptors (Lipinski definition) is 6. The van der Waals surface area contributed by atoms with Crippen molar-refractivity contribution in [3.63, 3.8) is 0 Å². The maximum Gasteiger partial charge on any atom is 0.269 e. The average Bonchev–Trinajstić information content (AvgIpc) is 3.37. The molecule has 0 aliphatic carbocycles. The summed E-state index contributed by atoms with van der Waals surface area (Å²) in [5, 5.41) is 20.1. The Morgan fingerprint density at radius 1 is 1.21 bits per heavy atom. The van der Waals surface area contributed by atoms with E-state index in [4.69, 9.17) is 9.84 Å². The summed E-state index contributed by atoms with van der Waals surface area (Å²) in [7, 11) is 0. The SMILES string of the molecule is O=[N+]([O-])c1cccc([C@@H]2Oc3c(Br)cc(Br)cc3[C@@H]3CC(c4cccs4)=NN32)c1. The Morgan fingerprint density at radius 2 is 2.07 bits per heavy atom. The first-order chi connectivity index (χ1) is 14.0. The fourth-order valence-electron chi connectivity index (χ4n) is 3.72. The maximum atomic E-state index is 11.3. The van der Waals surface area contributed by atoms with E-state index in [0.717, 1.165) is 37.3 Å². The molecule has 2 aliphatic rings. The first-order valence-corrected chi connectivity index (χ1v) is 11.3. The van der Waals surface area contributed by atoms with Gasteiger partial charge in [0.15, 0.2) is 0 Å². The van der Waals surface area contributed by atoms with Crippen molar-refractivity contribution < 1.29 is 9.66 Å². The summed E-state index contributed by atoms with van der Waals surface area (Å²) in [6.07, 6.45) is 0.188. The van der Waals surface area contributed by atoms with Gasteiger partial charge in [-0.05, 0) is 39.5 Å². The van der Waals surface area contributed by atoms with Gasteiger partial charge in [0.1, 0.15) is 5.75 Å². The Kier molecular flexibility index (Phi) is 4.68. The van der Waals surface area contributed by atoms with E-state index in [2.05, 4.69) is 37.9 Å². The van der Waals surface area contributed by atoms with E-state index < -0.39 is 11.2 Å². The highest BCUT2D eigenvalue weighted by molar-refractivity contribution is 9.11. The molecule has 0 unspecified atom stereocenters. The van der Waals surface area contributed by atoms with E-state index in [1.807, 2.05) is 34.7 Å². The zero-order valence-electron chi connectivity index (χ0n) is 14.8. The second-order valence-electron chi connectivity index (χ2n) is 6.75. The molecule has 0 amide bonds. The number of hydrazone groups is 1. The Balaban J connectivity index is 1.64. The van der Waals surface area contributed by atoms with Crippen molar-refractivity contribution >= 4 is 54.6 Å². The van der Waals surface area contributed by atoms with Crippen molar-refractivity contribution in [3.05, 3.63) is 89.0 Å².